The standard InChI is InChI=1S/C11H10BrNO2/c1-2-5-13-9-6-8(12)3-4-10(9)15-7-11(13)14/h2-4,6H,1,5,7H2. The van der Waals surface area contributed by atoms with Gasteiger partial charge in [-0.3, -0.25) is 4.79 Å². The second-order valence-corrected chi connectivity index (χ2v) is 4.11. The van der Waals surface area contributed by atoms with Crippen molar-refractivity contribution in [3.05, 3.63) is 35.3 Å². The molecule has 0 bridgehead atoms. The third-order valence-electron chi connectivity index (χ3n) is 2.18. The van der Waals surface area contributed by atoms with Crippen LogP contribution in [0.5, 0.6) is 5.75 Å². The van der Waals surface area contributed by atoms with Crippen molar-refractivity contribution >= 4 is 27.5 Å². The predicted octanol–water partition coefficient (Wildman–Crippen LogP) is 2.36. The zero-order valence-corrected chi connectivity index (χ0v) is 9.66. The number of anilines is 1. The van der Waals surface area contributed by atoms with E-state index in [1.807, 2.05) is 18.2 Å². The van der Waals surface area contributed by atoms with Gasteiger partial charge < -0.3 is 9.64 Å². The van der Waals surface area contributed by atoms with Crippen molar-refractivity contribution in [1.29, 1.82) is 0 Å². The zero-order valence-electron chi connectivity index (χ0n) is 8.07. The molecule has 1 aliphatic rings. The molecule has 0 unspecified atom stereocenters. The minimum atomic E-state index is -0.0412. The van der Waals surface area contributed by atoms with E-state index in [1.54, 1.807) is 11.0 Å². The Morgan fingerprint density at radius 1 is 1.60 bits per heavy atom. The molecule has 1 aromatic rings. The molecule has 0 saturated heterocycles. The van der Waals surface area contributed by atoms with Gasteiger partial charge in [-0.05, 0) is 18.2 Å². The maximum absolute atomic E-state index is 11.6. The molecule has 4 heteroatoms. The summed E-state index contributed by atoms with van der Waals surface area (Å²) in [5, 5.41) is 0. The number of carbonyl (C=O) groups excluding carboxylic acids is 1. The molecule has 2 rings (SSSR count). The van der Waals surface area contributed by atoms with Crippen molar-refractivity contribution in [3.63, 3.8) is 0 Å². The first kappa shape index (κ1) is 10.2. The predicted molar refractivity (Wildman–Crippen MR) is 62.2 cm³/mol. The number of rotatable bonds is 2. The van der Waals surface area contributed by atoms with Gasteiger partial charge in [0.25, 0.3) is 5.91 Å². The van der Waals surface area contributed by atoms with Crippen LogP contribution in [0.2, 0.25) is 0 Å². The van der Waals surface area contributed by atoms with E-state index in [9.17, 15) is 4.79 Å². The van der Waals surface area contributed by atoms with Crippen molar-refractivity contribution in [2.24, 2.45) is 0 Å². The van der Waals surface area contributed by atoms with Crippen LogP contribution in [-0.4, -0.2) is 19.1 Å². The van der Waals surface area contributed by atoms with Crippen LogP contribution in [0.15, 0.2) is 35.3 Å². The molecule has 0 atom stereocenters. The first-order valence-corrected chi connectivity index (χ1v) is 5.35. The maximum Gasteiger partial charge on any atom is 0.265 e. The Hall–Kier alpha value is -1.29. The summed E-state index contributed by atoms with van der Waals surface area (Å²) in [4.78, 5) is 13.3. The van der Waals surface area contributed by atoms with Crippen LogP contribution in [-0.2, 0) is 4.79 Å². The molecule has 0 radical (unpaired) electrons. The van der Waals surface area contributed by atoms with Gasteiger partial charge in [-0.15, -0.1) is 6.58 Å². The average molecular weight is 268 g/mol. The molecule has 78 valence electrons. The molecule has 3 nitrogen and oxygen atoms in total. The monoisotopic (exact) mass is 267 g/mol. The summed E-state index contributed by atoms with van der Waals surface area (Å²) in [6.07, 6.45) is 1.70. The SMILES string of the molecule is C=CCN1C(=O)COc2ccc(Br)cc21. The summed E-state index contributed by atoms with van der Waals surface area (Å²) in [5.74, 6) is 0.695. The minimum absolute atomic E-state index is 0.0412. The fraction of sp³-hybridized carbons (Fsp3) is 0.182. The van der Waals surface area contributed by atoms with Gasteiger partial charge in [0.2, 0.25) is 0 Å². The number of fused-ring (bicyclic) bond motifs is 1. The number of ether oxygens (including phenoxy) is 1. The van der Waals surface area contributed by atoms with E-state index < -0.39 is 0 Å². The third kappa shape index (κ3) is 1.90. The number of halogens is 1. The maximum atomic E-state index is 11.6. The van der Waals surface area contributed by atoms with Crippen LogP contribution < -0.4 is 9.64 Å². The van der Waals surface area contributed by atoms with E-state index in [1.165, 1.54) is 0 Å². The fourth-order valence-corrected chi connectivity index (χ4v) is 1.85. The molecule has 15 heavy (non-hydrogen) atoms. The van der Waals surface area contributed by atoms with Crippen LogP contribution >= 0.6 is 15.9 Å². The Balaban J connectivity index is 2.45. The van der Waals surface area contributed by atoms with E-state index in [4.69, 9.17) is 4.74 Å². The Morgan fingerprint density at radius 3 is 3.13 bits per heavy atom. The Bertz CT molecular complexity index is 417. The average Bonchev–Trinajstić information content (AvgIpc) is 2.23. The Kier molecular flexibility index (Phi) is 2.77. The third-order valence-corrected chi connectivity index (χ3v) is 2.67. The van der Waals surface area contributed by atoms with E-state index in [-0.39, 0.29) is 12.5 Å². The highest BCUT2D eigenvalue weighted by Gasteiger charge is 2.24. The van der Waals surface area contributed by atoms with Crippen LogP contribution in [0.25, 0.3) is 0 Å². The number of hydrogen-bond acceptors (Lipinski definition) is 2. The lowest BCUT2D eigenvalue weighted by Crippen LogP contribution is -2.38. The number of hydrogen-bond donors (Lipinski definition) is 0. The molecule has 0 aliphatic carbocycles. The topological polar surface area (TPSA) is 29.5 Å². The Morgan fingerprint density at radius 2 is 2.40 bits per heavy atom. The molecule has 0 fully saturated rings. The Labute approximate surface area is 96.5 Å². The molecule has 0 spiro atoms. The van der Waals surface area contributed by atoms with Gasteiger partial charge in [-0.1, -0.05) is 22.0 Å². The summed E-state index contributed by atoms with van der Waals surface area (Å²) in [5.41, 5.74) is 0.792. The summed E-state index contributed by atoms with van der Waals surface area (Å²) >= 11 is 3.37. The summed E-state index contributed by atoms with van der Waals surface area (Å²) in [6.45, 7) is 4.24. The lowest BCUT2D eigenvalue weighted by molar-refractivity contribution is -0.121. The second-order valence-electron chi connectivity index (χ2n) is 3.19. The van der Waals surface area contributed by atoms with E-state index >= 15 is 0 Å². The van der Waals surface area contributed by atoms with Crippen molar-refractivity contribution < 1.29 is 9.53 Å². The number of nitrogens with zero attached hydrogens (tertiary/aromatic N) is 1. The highest BCUT2D eigenvalue weighted by molar-refractivity contribution is 9.10. The number of carbonyl (C=O) groups is 1. The zero-order chi connectivity index (χ0) is 10.8. The van der Waals surface area contributed by atoms with Gasteiger partial charge >= 0.3 is 0 Å². The molecule has 0 aromatic heterocycles. The summed E-state index contributed by atoms with van der Waals surface area (Å²) in [7, 11) is 0. The van der Waals surface area contributed by atoms with Crippen molar-refractivity contribution in [3.8, 4) is 5.75 Å². The first-order chi connectivity index (χ1) is 7.22. The van der Waals surface area contributed by atoms with Crippen molar-refractivity contribution in [2.75, 3.05) is 18.1 Å². The molecule has 0 N–H and O–H groups in total. The number of benzene rings is 1. The highest BCUT2D eigenvalue weighted by atomic mass is 79.9. The van der Waals surface area contributed by atoms with Gasteiger partial charge in [0, 0.05) is 11.0 Å². The summed E-state index contributed by atoms with van der Waals surface area (Å²) < 4.78 is 6.25. The smallest absolute Gasteiger partial charge is 0.265 e. The summed E-state index contributed by atoms with van der Waals surface area (Å²) in [6, 6.07) is 5.61. The molecule has 1 heterocycles. The van der Waals surface area contributed by atoms with Gasteiger partial charge in [0.1, 0.15) is 5.75 Å². The highest BCUT2D eigenvalue weighted by Crippen LogP contribution is 2.34. The second kappa shape index (κ2) is 4.06. The van der Waals surface area contributed by atoms with Crippen molar-refractivity contribution in [1.82, 2.24) is 0 Å². The van der Waals surface area contributed by atoms with Crippen LogP contribution in [0.4, 0.5) is 5.69 Å². The molecular formula is C11H10BrNO2. The van der Waals surface area contributed by atoms with E-state index in [0.29, 0.717) is 6.54 Å². The molecule has 0 saturated carbocycles. The number of amides is 1. The van der Waals surface area contributed by atoms with E-state index in [2.05, 4.69) is 22.5 Å². The fourth-order valence-electron chi connectivity index (χ4n) is 1.50. The minimum Gasteiger partial charge on any atom is -0.482 e. The van der Waals surface area contributed by atoms with Gasteiger partial charge in [0.15, 0.2) is 6.61 Å². The van der Waals surface area contributed by atoms with Crippen LogP contribution in [0, 0.1) is 0 Å². The quantitative estimate of drug-likeness (QED) is 0.770. The molecule has 1 aliphatic heterocycles. The molecule has 1 aromatic carbocycles. The lowest BCUT2D eigenvalue weighted by Gasteiger charge is -2.28. The largest absolute Gasteiger partial charge is 0.482 e. The van der Waals surface area contributed by atoms with Gasteiger partial charge in [-0.2, -0.15) is 0 Å². The van der Waals surface area contributed by atoms with Crippen molar-refractivity contribution in [2.45, 2.75) is 0 Å². The lowest BCUT2D eigenvalue weighted by atomic mass is 10.2. The molecular weight excluding hydrogens is 258 g/mol. The normalized spacial score (nSPS) is 14.5. The molecule has 1 amide bonds. The van der Waals surface area contributed by atoms with Crippen LogP contribution in [0.3, 0.4) is 0 Å². The van der Waals surface area contributed by atoms with Crippen LogP contribution in [0.1, 0.15) is 0 Å². The first-order valence-electron chi connectivity index (χ1n) is 4.56. The van der Waals surface area contributed by atoms with Gasteiger partial charge in [-0.25, -0.2) is 0 Å². The van der Waals surface area contributed by atoms with Gasteiger partial charge in [0.05, 0.1) is 5.69 Å². The van der Waals surface area contributed by atoms with E-state index in [0.717, 1.165) is 15.9 Å².